The summed E-state index contributed by atoms with van der Waals surface area (Å²) in [6.45, 7) is 2.89. The number of ether oxygens (including phenoxy) is 3. The fraction of sp³-hybridized carbons (Fsp3) is 0.364. The molecule has 2 aromatic rings. The van der Waals surface area contributed by atoms with E-state index < -0.39 is 6.10 Å². The number of methoxy groups -OCH3 is 2. The van der Waals surface area contributed by atoms with Crippen LogP contribution >= 0.6 is 0 Å². The van der Waals surface area contributed by atoms with E-state index in [0.29, 0.717) is 29.5 Å². The van der Waals surface area contributed by atoms with E-state index in [-0.39, 0.29) is 24.9 Å². The molecule has 0 spiro atoms. The third-order valence-electron chi connectivity index (χ3n) is 4.72. The number of nitrogens with zero attached hydrogens (tertiary/aromatic N) is 1. The molecule has 0 fully saturated rings. The van der Waals surface area contributed by atoms with Crippen LogP contribution in [-0.4, -0.2) is 51.8 Å². The summed E-state index contributed by atoms with van der Waals surface area (Å²) >= 11 is 0. The van der Waals surface area contributed by atoms with Gasteiger partial charge >= 0.3 is 0 Å². The zero-order chi connectivity index (χ0) is 21.5. The molecule has 160 valence electrons. The van der Waals surface area contributed by atoms with E-state index in [1.165, 1.54) is 7.11 Å². The molecule has 8 nitrogen and oxygen atoms in total. The molecule has 0 bridgehead atoms. The van der Waals surface area contributed by atoms with Gasteiger partial charge in [-0.15, -0.1) is 0 Å². The number of carbonyl (C=O) groups is 2. The maximum atomic E-state index is 12.8. The Kier molecular flexibility index (Phi) is 7.00. The van der Waals surface area contributed by atoms with Crippen molar-refractivity contribution >= 4 is 23.2 Å². The smallest absolute Gasteiger partial charge is 0.262 e. The Morgan fingerprint density at radius 2 is 1.97 bits per heavy atom. The monoisotopic (exact) mass is 413 g/mol. The lowest BCUT2D eigenvalue weighted by Crippen LogP contribution is -2.50. The maximum Gasteiger partial charge on any atom is 0.262 e. The van der Waals surface area contributed by atoms with E-state index in [1.807, 2.05) is 30.0 Å². The number of amides is 2. The van der Waals surface area contributed by atoms with Crippen molar-refractivity contribution in [1.82, 2.24) is 5.32 Å². The van der Waals surface area contributed by atoms with Gasteiger partial charge in [0.25, 0.3) is 5.91 Å². The third kappa shape index (κ3) is 4.94. The zero-order valence-electron chi connectivity index (χ0n) is 17.4. The Morgan fingerprint density at radius 1 is 1.17 bits per heavy atom. The molecule has 3 rings (SSSR count). The second-order valence-electron chi connectivity index (χ2n) is 6.86. The molecule has 0 unspecified atom stereocenters. The molecule has 0 aromatic heterocycles. The molecule has 2 N–H and O–H groups in total. The van der Waals surface area contributed by atoms with Crippen LogP contribution in [-0.2, 0) is 9.59 Å². The van der Waals surface area contributed by atoms with Crippen molar-refractivity contribution in [2.24, 2.45) is 0 Å². The number of hydrogen-bond acceptors (Lipinski definition) is 6. The molecule has 8 heteroatoms. The first-order valence-corrected chi connectivity index (χ1v) is 9.86. The van der Waals surface area contributed by atoms with Crippen molar-refractivity contribution in [3.63, 3.8) is 0 Å². The largest absolute Gasteiger partial charge is 0.497 e. The molecule has 30 heavy (non-hydrogen) atoms. The van der Waals surface area contributed by atoms with E-state index in [4.69, 9.17) is 14.2 Å². The molecular formula is C22H27N3O5. The summed E-state index contributed by atoms with van der Waals surface area (Å²) in [4.78, 5) is 27.1. The number of carbonyl (C=O) groups excluding carboxylic acids is 2. The first-order valence-electron chi connectivity index (χ1n) is 9.86. The number of para-hydroxylation sites is 2. The van der Waals surface area contributed by atoms with Crippen LogP contribution in [0.2, 0.25) is 0 Å². The van der Waals surface area contributed by atoms with Gasteiger partial charge in [0.1, 0.15) is 17.2 Å². The SMILES string of the molecule is CCCNC(=O)[C@H]1CN(CC(=O)Nc2cc(OC)ccc2OC)c2ccccc2O1. The molecule has 2 aromatic carbocycles. The zero-order valence-corrected chi connectivity index (χ0v) is 17.4. The van der Waals surface area contributed by atoms with Gasteiger partial charge in [0, 0.05) is 12.6 Å². The number of benzene rings is 2. The van der Waals surface area contributed by atoms with Crippen LogP contribution in [0.1, 0.15) is 13.3 Å². The third-order valence-corrected chi connectivity index (χ3v) is 4.72. The number of rotatable bonds is 8. The Labute approximate surface area is 176 Å². The fourth-order valence-electron chi connectivity index (χ4n) is 3.23. The van der Waals surface area contributed by atoms with Gasteiger partial charge in [-0.25, -0.2) is 0 Å². The van der Waals surface area contributed by atoms with Gasteiger partial charge in [-0.3, -0.25) is 9.59 Å². The van der Waals surface area contributed by atoms with Crippen molar-refractivity contribution in [2.75, 3.05) is 44.1 Å². The van der Waals surface area contributed by atoms with Gasteiger partial charge < -0.3 is 29.7 Å². The van der Waals surface area contributed by atoms with E-state index in [1.54, 1.807) is 31.4 Å². The van der Waals surface area contributed by atoms with Crippen LogP contribution in [0.3, 0.4) is 0 Å². The highest BCUT2D eigenvalue weighted by atomic mass is 16.5. The van der Waals surface area contributed by atoms with Crippen LogP contribution in [0.15, 0.2) is 42.5 Å². The molecular weight excluding hydrogens is 386 g/mol. The van der Waals surface area contributed by atoms with E-state index in [2.05, 4.69) is 10.6 Å². The molecule has 0 aliphatic carbocycles. The van der Waals surface area contributed by atoms with Crippen molar-refractivity contribution in [1.29, 1.82) is 0 Å². The minimum atomic E-state index is -0.689. The quantitative estimate of drug-likeness (QED) is 0.691. The lowest BCUT2D eigenvalue weighted by atomic mass is 10.1. The highest BCUT2D eigenvalue weighted by molar-refractivity contribution is 5.96. The summed E-state index contributed by atoms with van der Waals surface area (Å²) in [5.41, 5.74) is 1.28. The average Bonchev–Trinajstić information content (AvgIpc) is 2.77. The second-order valence-corrected chi connectivity index (χ2v) is 6.86. The van der Waals surface area contributed by atoms with Crippen LogP contribution in [0.5, 0.6) is 17.2 Å². The van der Waals surface area contributed by atoms with E-state index in [9.17, 15) is 9.59 Å². The summed E-state index contributed by atoms with van der Waals surface area (Å²) < 4.78 is 16.4. The topological polar surface area (TPSA) is 89.1 Å². The van der Waals surface area contributed by atoms with E-state index >= 15 is 0 Å². The molecule has 0 radical (unpaired) electrons. The second kappa shape index (κ2) is 9.87. The van der Waals surface area contributed by atoms with Gasteiger partial charge in [0.2, 0.25) is 5.91 Å². The highest BCUT2D eigenvalue weighted by Gasteiger charge is 2.31. The molecule has 1 atom stereocenters. The maximum absolute atomic E-state index is 12.8. The predicted molar refractivity (Wildman–Crippen MR) is 115 cm³/mol. The highest BCUT2D eigenvalue weighted by Crippen LogP contribution is 2.33. The summed E-state index contributed by atoms with van der Waals surface area (Å²) in [7, 11) is 3.09. The van der Waals surface area contributed by atoms with Crippen LogP contribution < -0.4 is 29.7 Å². The summed E-state index contributed by atoms with van der Waals surface area (Å²) in [6.07, 6.45) is 0.148. The fourth-order valence-corrected chi connectivity index (χ4v) is 3.23. The Bertz CT molecular complexity index is 902. The molecule has 1 aliphatic rings. The molecule has 0 saturated carbocycles. The number of fused-ring (bicyclic) bond motifs is 1. The Morgan fingerprint density at radius 3 is 2.70 bits per heavy atom. The van der Waals surface area contributed by atoms with Crippen LogP contribution in [0.4, 0.5) is 11.4 Å². The number of anilines is 2. The summed E-state index contributed by atoms with van der Waals surface area (Å²) in [6, 6.07) is 12.6. The minimum Gasteiger partial charge on any atom is -0.497 e. The summed E-state index contributed by atoms with van der Waals surface area (Å²) in [5, 5.41) is 5.72. The lowest BCUT2D eigenvalue weighted by Gasteiger charge is -2.35. The van der Waals surface area contributed by atoms with E-state index in [0.717, 1.165) is 12.1 Å². The van der Waals surface area contributed by atoms with Crippen molar-refractivity contribution in [3.05, 3.63) is 42.5 Å². The van der Waals surface area contributed by atoms with Gasteiger partial charge in [0.05, 0.1) is 38.7 Å². The standard InChI is InChI=1S/C22H27N3O5/c1-4-11-23-22(27)20-13-25(17-7-5-6-8-19(17)30-20)14-21(26)24-16-12-15(28-2)9-10-18(16)29-3/h5-10,12,20H,4,11,13-14H2,1-3H3,(H,23,27)(H,24,26)/t20-/m1/s1. The van der Waals surface area contributed by atoms with Crippen molar-refractivity contribution in [2.45, 2.75) is 19.4 Å². The number of hydrogen-bond donors (Lipinski definition) is 2. The molecule has 1 heterocycles. The first kappa shape index (κ1) is 21.3. The van der Waals surface area contributed by atoms with Crippen molar-refractivity contribution in [3.8, 4) is 17.2 Å². The first-order chi connectivity index (χ1) is 14.5. The number of nitrogens with one attached hydrogen (secondary N) is 2. The molecule has 2 amide bonds. The van der Waals surface area contributed by atoms with Crippen LogP contribution in [0.25, 0.3) is 0 Å². The molecule has 1 aliphatic heterocycles. The minimum absolute atomic E-state index is 0.0539. The van der Waals surface area contributed by atoms with Gasteiger partial charge in [0.15, 0.2) is 6.10 Å². The van der Waals surface area contributed by atoms with Gasteiger partial charge in [-0.05, 0) is 30.7 Å². The average molecular weight is 413 g/mol. The predicted octanol–water partition coefficient (Wildman–Crippen LogP) is 2.44. The normalized spacial score (nSPS) is 14.9. The van der Waals surface area contributed by atoms with Gasteiger partial charge in [-0.2, -0.15) is 0 Å². The lowest BCUT2D eigenvalue weighted by molar-refractivity contribution is -0.128. The van der Waals surface area contributed by atoms with Crippen LogP contribution in [0, 0.1) is 0 Å². The Hall–Kier alpha value is -3.42. The van der Waals surface area contributed by atoms with Crippen molar-refractivity contribution < 1.29 is 23.8 Å². The van der Waals surface area contributed by atoms with Gasteiger partial charge in [-0.1, -0.05) is 19.1 Å². The Balaban J connectivity index is 1.76. The summed E-state index contributed by atoms with van der Waals surface area (Å²) in [5.74, 6) is 1.28. The molecule has 0 saturated heterocycles.